The Hall–Kier alpha value is -2.87. The van der Waals surface area contributed by atoms with Gasteiger partial charge < -0.3 is 9.88 Å². The molecule has 1 N–H and O–H groups in total. The zero-order chi connectivity index (χ0) is 19.0. The number of likely N-dealkylation sites (tertiary alicyclic amines) is 1. The molecule has 138 valence electrons. The molecule has 1 saturated heterocycles. The van der Waals surface area contributed by atoms with Crippen molar-refractivity contribution in [1.82, 2.24) is 24.8 Å². The number of aromatic nitrogens is 4. The van der Waals surface area contributed by atoms with Crippen LogP contribution in [0, 0.1) is 13.8 Å². The number of carbonyl (C=O) groups is 1. The molecule has 0 unspecified atom stereocenters. The largest absolute Gasteiger partial charge is 0.328 e. The van der Waals surface area contributed by atoms with Crippen molar-refractivity contribution >= 4 is 17.2 Å². The van der Waals surface area contributed by atoms with E-state index in [4.69, 9.17) is 0 Å². The molecule has 0 radical (unpaired) electrons. The molecule has 1 aliphatic heterocycles. The van der Waals surface area contributed by atoms with Gasteiger partial charge in [0.25, 0.3) is 11.5 Å². The average molecular weight is 381 g/mol. The van der Waals surface area contributed by atoms with Crippen LogP contribution in [0.5, 0.6) is 0 Å². The number of thiazole rings is 1. The van der Waals surface area contributed by atoms with Gasteiger partial charge >= 0.3 is 0 Å². The predicted octanol–water partition coefficient (Wildman–Crippen LogP) is 2.88. The molecule has 0 spiro atoms. The van der Waals surface area contributed by atoms with E-state index in [1.165, 1.54) is 17.4 Å². The van der Waals surface area contributed by atoms with Crippen LogP contribution in [-0.4, -0.2) is 37.3 Å². The van der Waals surface area contributed by atoms with E-state index >= 15 is 0 Å². The quantitative estimate of drug-likeness (QED) is 0.753. The first-order valence-electron chi connectivity index (χ1n) is 8.80. The summed E-state index contributed by atoms with van der Waals surface area (Å²) in [5.74, 6) is 0.458. The lowest BCUT2D eigenvalue weighted by Gasteiger charge is -2.23. The van der Waals surface area contributed by atoms with Crippen molar-refractivity contribution in [3.05, 3.63) is 62.2 Å². The molecular weight excluding hydrogens is 362 g/mol. The summed E-state index contributed by atoms with van der Waals surface area (Å²) in [5.41, 5.74) is 1.65. The SMILES string of the molecule is Cc1nc(C)c(C(=O)N2CCC[C@H]2c2nc(-c3ccccn3)cc(=O)[nH]2)s1. The monoisotopic (exact) mass is 381 g/mol. The normalized spacial score (nSPS) is 16.7. The molecule has 0 aliphatic carbocycles. The Morgan fingerprint density at radius 3 is 2.81 bits per heavy atom. The minimum atomic E-state index is -0.254. The molecule has 1 atom stereocenters. The summed E-state index contributed by atoms with van der Waals surface area (Å²) >= 11 is 1.41. The standard InChI is InChI=1S/C19H19N5O2S/c1-11-17(27-12(2)21-11)19(26)24-9-5-7-15(24)18-22-14(10-16(25)23-18)13-6-3-4-8-20-13/h3-4,6,8,10,15H,5,7,9H2,1-2H3,(H,22,23,25)/t15-/m0/s1. The van der Waals surface area contributed by atoms with Crippen LogP contribution in [0.4, 0.5) is 0 Å². The number of carbonyl (C=O) groups excluding carboxylic acids is 1. The highest BCUT2D eigenvalue weighted by Gasteiger charge is 2.34. The molecule has 0 aromatic carbocycles. The van der Waals surface area contributed by atoms with E-state index in [1.54, 1.807) is 11.1 Å². The van der Waals surface area contributed by atoms with Crippen molar-refractivity contribution < 1.29 is 4.79 Å². The lowest BCUT2D eigenvalue weighted by molar-refractivity contribution is 0.0733. The molecule has 1 fully saturated rings. The van der Waals surface area contributed by atoms with Gasteiger partial charge in [0.15, 0.2) is 0 Å². The fourth-order valence-electron chi connectivity index (χ4n) is 3.43. The Kier molecular flexibility index (Phi) is 4.57. The summed E-state index contributed by atoms with van der Waals surface area (Å²) in [4.78, 5) is 43.8. The second-order valence-electron chi connectivity index (χ2n) is 6.53. The summed E-state index contributed by atoms with van der Waals surface area (Å²) in [6.45, 7) is 4.38. The molecule has 7 nitrogen and oxygen atoms in total. The fraction of sp³-hybridized carbons (Fsp3) is 0.316. The van der Waals surface area contributed by atoms with Gasteiger partial charge in [-0.05, 0) is 38.8 Å². The van der Waals surface area contributed by atoms with Gasteiger partial charge in [-0.1, -0.05) is 6.07 Å². The number of hydrogen-bond donors (Lipinski definition) is 1. The first kappa shape index (κ1) is 17.5. The highest BCUT2D eigenvalue weighted by atomic mass is 32.1. The van der Waals surface area contributed by atoms with Crippen LogP contribution in [0.25, 0.3) is 11.4 Å². The van der Waals surface area contributed by atoms with Gasteiger partial charge in [0, 0.05) is 18.8 Å². The van der Waals surface area contributed by atoms with Crippen molar-refractivity contribution in [2.45, 2.75) is 32.7 Å². The summed E-state index contributed by atoms with van der Waals surface area (Å²) in [5, 5.41) is 0.871. The van der Waals surface area contributed by atoms with Crippen LogP contribution in [0.1, 0.15) is 45.1 Å². The Labute approximate surface area is 160 Å². The van der Waals surface area contributed by atoms with Crippen LogP contribution in [0.15, 0.2) is 35.3 Å². The van der Waals surface area contributed by atoms with E-state index in [2.05, 4.69) is 19.9 Å². The number of hydrogen-bond acceptors (Lipinski definition) is 6. The summed E-state index contributed by atoms with van der Waals surface area (Å²) in [7, 11) is 0. The molecule has 0 saturated carbocycles. The van der Waals surface area contributed by atoms with Crippen LogP contribution in [-0.2, 0) is 0 Å². The van der Waals surface area contributed by atoms with Crippen LogP contribution in [0.3, 0.4) is 0 Å². The molecule has 27 heavy (non-hydrogen) atoms. The van der Waals surface area contributed by atoms with E-state index in [-0.39, 0.29) is 17.5 Å². The number of rotatable bonds is 3. The number of H-pyrrole nitrogens is 1. The lowest BCUT2D eigenvalue weighted by atomic mass is 10.2. The third-order valence-corrected chi connectivity index (χ3v) is 5.68. The van der Waals surface area contributed by atoms with E-state index in [0.717, 1.165) is 23.5 Å². The summed E-state index contributed by atoms with van der Waals surface area (Å²) in [6, 6.07) is 6.66. The molecule has 3 aromatic rings. The topological polar surface area (TPSA) is 91.8 Å². The van der Waals surface area contributed by atoms with Gasteiger partial charge in [0.2, 0.25) is 0 Å². The van der Waals surface area contributed by atoms with E-state index < -0.39 is 0 Å². The first-order chi connectivity index (χ1) is 13.0. The van der Waals surface area contributed by atoms with Crippen molar-refractivity contribution in [3.63, 3.8) is 0 Å². The van der Waals surface area contributed by atoms with Crippen LogP contribution >= 0.6 is 11.3 Å². The minimum absolute atomic E-state index is 0.0495. The Balaban J connectivity index is 1.70. The van der Waals surface area contributed by atoms with Gasteiger partial charge in [0.05, 0.1) is 28.1 Å². The second-order valence-corrected chi connectivity index (χ2v) is 7.74. The number of aryl methyl sites for hydroxylation is 2. The zero-order valence-corrected chi connectivity index (χ0v) is 15.9. The van der Waals surface area contributed by atoms with Gasteiger partial charge in [-0.2, -0.15) is 0 Å². The van der Waals surface area contributed by atoms with Crippen molar-refractivity contribution in [3.8, 4) is 11.4 Å². The Bertz CT molecular complexity index is 1040. The highest BCUT2D eigenvalue weighted by Crippen LogP contribution is 2.33. The maximum Gasteiger partial charge on any atom is 0.266 e. The first-order valence-corrected chi connectivity index (χ1v) is 9.62. The number of nitrogens with one attached hydrogen (secondary N) is 1. The fourth-order valence-corrected chi connectivity index (χ4v) is 4.31. The highest BCUT2D eigenvalue weighted by molar-refractivity contribution is 7.13. The minimum Gasteiger partial charge on any atom is -0.328 e. The summed E-state index contributed by atoms with van der Waals surface area (Å²) < 4.78 is 0. The average Bonchev–Trinajstić information content (AvgIpc) is 3.28. The van der Waals surface area contributed by atoms with Crippen molar-refractivity contribution in [2.75, 3.05) is 6.54 Å². The third-order valence-electron chi connectivity index (χ3n) is 4.61. The van der Waals surface area contributed by atoms with E-state index in [9.17, 15) is 9.59 Å². The third kappa shape index (κ3) is 3.40. The molecule has 3 aromatic heterocycles. The molecule has 8 heteroatoms. The van der Waals surface area contributed by atoms with Crippen LogP contribution < -0.4 is 5.56 Å². The molecule has 0 bridgehead atoms. The van der Waals surface area contributed by atoms with Gasteiger partial charge in [-0.15, -0.1) is 11.3 Å². The second kappa shape index (κ2) is 7.03. The smallest absolute Gasteiger partial charge is 0.266 e. The summed E-state index contributed by atoms with van der Waals surface area (Å²) in [6.07, 6.45) is 3.29. The number of aromatic amines is 1. The zero-order valence-electron chi connectivity index (χ0n) is 15.1. The van der Waals surface area contributed by atoms with E-state index in [0.29, 0.717) is 28.6 Å². The van der Waals surface area contributed by atoms with E-state index in [1.807, 2.05) is 32.0 Å². The molecular formula is C19H19N5O2S. The number of pyridine rings is 1. The molecule has 1 aliphatic rings. The van der Waals surface area contributed by atoms with Crippen molar-refractivity contribution in [1.29, 1.82) is 0 Å². The number of nitrogens with zero attached hydrogens (tertiary/aromatic N) is 4. The number of amides is 1. The maximum atomic E-state index is 13.1. The molecule has 4 rings (SSSR count). The Morgan fingerprint density at radius 1 is 1.26 bits per heavy atom. The lowest BCUT2D eigenvalue weighted by Crippen LogP contribution is -2.32. The van der Waals surface area contributed by atoms with Gasteiger partial charge in [-0.3, -0.25) is 14.6 Å². The maximum absolute atomic E-state index is 13.1. The van der Waals surface area contributed by atoms with Crippen LogP contribution in [0.2, 0.25) is 0 Å². The van der Waals surface area contributed by atoms with Gasteiger partial charge in [0.1, 0.15) is 10.7 Å². The predicted molar refractivity (Wildman–Crippen MR) is 103 cm³/mol. The molecule has 1 amide bonds. The molecule has 4 heterocycles. The van der Waals surface area contributed by atoms with Gasteiger partial charge in [-0.25, -0.2) is 9.97 Å². The van der Waals surface area contributed by atoms with Crippen molar-refractivity contribution in [2.24, 2.45) is 0 Å². The Morgan fingerprint density at radius 2 is 2.11 bits per heavy atom.